The molecule has 2 aliphatic rings. The molecule has 0 bridgehead atoms. The van der Waals surface area contributed by atoms with Crippen LogP contribution in [0.4, 0.5) is 5.69 Å². The van der Waals surface area contributed by atoms with E-state index in [1.807, 2.05) is 42.7 Å². The first-order valence-electron chi connectivity index (χ1n) is 12.1. The van der Waals surface area contributed by atoms with Gasteiger partial charge in [0, 0.05) is 50.9 Å². The zero-order chi connectivity index (χ0) is 26.3. The molecule has 1 aliphatic carbocycles. The number of aromatic nitrogens is 1. The SMILES string of the molecule is CSc1ccc(C2C3=C(CC(C)(C)CC3=O)N(c3cccnc3)C(=N)/C2=C(/O)c2ccc(Cl)cc2)cc1. The van der Waals surface area contributed by atoms with Crippen LogP contribution < -0.4 is 4.90 Å². The lowest BCUT2D eigenvalue weighted by Gasteiger charge is -2.45. The average Bonchev–Trinajstić information content (AvgIpc) is 2.88. The molecule has 3 aromatic rings. The molecule has 1 unspecified atom stereocenters. The molecule has 37 heavy (non-hydrogen) atoms. The van der Waals surface area contributed by atoms with Crippen molar-refractivity contribution in [3.05, 3.63) is 106 Å². The van der Waals surface area contributed by atoms with E-state index in [4.69, 9.17) is 11.6 Å². The van der Waals surface area contributed by atoms with E-state index in [9.17, 15) is 15.3 Å². The van der Waals surface area contributed by atoms with Crippen LogP contribution in [-0.4, -0.2) is 28.0 Å². The van der Waals surface area contributed by atoms with E-state index in [0.29, 0.717) is 40.3 Å². The minimum absolute atomic E-state index is 0.0352. The number of anilines is 1. The van der Waals surface area contributed by atoms with E-state index >= 15 is 0 Å². The van der Waals surface area contributed by atoms with E-state index in [0.717, 1.165) is 16.2 Å². The number of halogens is 1. The average molecular weight is 530 g/mol. The molecule has 1 atom stereocenters. The van der Waals surface area contributed by atoms with Gasteiger partial charge in [-0.15, -0.1) is 11.8 Å². The second-order valence-corrected chi connectivity index (χ2v) is 11.5. The minimum Gasteiger partial charge on any atom is -0.507 e. The summed E-state index contributed by atoms with van der Waals surface area (Å²) in [5.74, 6) is -0.457. The van der Waals surface area contributed by atoms with Crippen LogP contribution >= 0.6 is 23.4 Å². The van der Waals surface area contributed by atoms with Crippen molar-refractivity contribution in [3.63, 3.8) is 0 Å². The molecule has 1 aliphatic heterocycles. The maximum Gasteiger partial charge on any atom is 0.162 e. The third-order valence-electron chi connectivity index (χ3n) is 6.95. The number of ketones is 1. The van der Waals surface area contributed by atoms with Gasteiger partial charge in [0.1, 0.15) is 11.6 Å². The number of Topliss-reactive ketones (excluding diaryl/α,β-unsaturated/α-hetero) is 1. The second kappa shape index (κ2) is 9.84. The van der Waals surface area contributed by atoms with Crippen molar-refractivity contribution in [2.75, 3.05) is 11.2 Å². The molecule has 0 amide bonds. The van der Waals surface area contributed by atoms with Crippen LogP contribution in [0.25, 0.3) is 5.76 Å². The van der Waals surface area contributed by atoms with Crippen LogP contribution in [0, 0.1) is 10.8 Å². The van der Waals surface area contributed by atoms with E-state index < -0.39 is 5.92 Å². The number of thioether (sulfide) groups is 1. The molecular weight excluding hydrogens is 502 g/mol. The first-order valence-corrected chi connectivity index (χ1v) is 13.7. The normalized spacial score (nSPS) is 20.6. The van der Waals surface area contributed by atoms with Gasteiger partial charge in [0.05, 0.1) is 11.9 Å². The van der Waals surface area contributed by atoms with E-state index in [1.165, 1.54) is 0 Å². The number of nitrogens with zero attached hydrogens (tertiary/aromatic N) is 2. The molecule has 0 radical (unpaired) electrons. The summed E-state index contributed by atoms with van der Waals surface area (Å²) in [6.45, 7) is 4.16. The maximum atomic E-state index is 13.9. The minimum atomic E-state index is -0.578. The van der Waals surface area contributed by atoms with Gasteiger partial charge < -0.3 is 5.11 Å². The Kier molecular flexibility index (Phi) is 6.73. The van der Waals surface area contributed by atoms with Crippen LogP contribution in [0.15, 0.2) is 94.8 Å². The predicted octanol–water partition coefficient (Wildman–Crippen LogP) is 7.65. The van der Waals surface area contributed by atoms with Gasteiger partial charge in [-0.25, -0.2) is 0 Å². The lowest BCUT2D eigenvalue weighted by atomic mass is 9.67. The topological polar surface area (TPSA) is 77.3 Å². The van der Waals surface area contributed by atoms with E-state index in [2.05, 4.69) is 18.8 Å². The van der Waals surface area contributed by atoms with Gasteiger partial charge in [-0.3, -0.25) is 20.1 Å². The number of allylic oxidation sites excluding steroid dienone is 2. The summed E-state index contributed by atoms with van der Waals surface area (Å²) in [4.78, 5) is 21.1. The molecule has 0 fully saturated rings. The molecule has 0 saturated heterocycles. The highest BCUT2D eigenvalue weighted by Crippen LogP contribution is 2.51. The largest absolute Gasteiger partial charge is 0.507 e. The maximum absolute atomic E-state index is 13.9. The number of rotatable bonds is 4. The number of carbonyl (C=O) groups is 1. The summed E-state index contributed by atoms with van der Waals surface area (Å²) in [5.41, 5.74) is 3.64. The van der Waals surface area contributed by atoms with Crippen molar-refractivity contribution in [2.24, 2.45) is 5.41 Å². The van der Waals surface area contributed by atoms with Crippen LogP contribution in [0.5, 0.6) is 0 Å². The molecular formula is C30H28ClN3O2S. The highest BCUT2D eigenvalue weighted by atomic mass is 35.5. The van der Waals surface area contributed by atoms with Gasteiger partial charge >= 0.3 is 0 Å². The van der Waals surface area contributed by atoms with Crippen LogP contribution in [-0.2, 0) is 4.79 Å². The van der Waals surface area contributed by atoms with Gasteiger partial charge in [-0.1, -0.05) is 37.6 Å². The molecule has 7 heteroatoms. The Morgan fingerprint density at radius 1 is 1.11 bits per heavy atom. The highest BCUT2D eigenvalue weighted by molar-refractivity contribution is 7.98. The zero-order valence-electron chi connectivity index (χ0n) is 21.0. The summed E-state index contributed by atoms with van der Waals surface area (Å²) >= 11 is 7.76. The Labute approximate surface area is 226 Å². The van der Waals surface area contributed by atoms with E-state index in [1.54, 1.807) is 53.3 Å². The van der Waals surface area contributed by atoms with Crippen molar-refractivity contribution < 1.29 is 9.90 Å². The monoisotopic (exact) mass is 529 g/mol. The number of benzene rings is 2. The third kappa shape index (κ3) is 4.72. The van der Waals surface area contributed by atoms with Crippen LogP contribution in [0.1, 0.15) is 43.7 Å². The van der Waals surface area contributed by atoms with Gasteiger partial charge in [0.2, 0.25) is 0 Å². The van der Waals surface area contributed by atoms with Crippen LogP contribution in [0.2, 0.25) is 5.02 Å². The molecule has 2 heterocycles. The van der Waals surface area contributed by atoms with Crippen molar-refractivity contribution in [1.29, 1.82) is 5.41 Å². The third-order valence-corrected chi connectivity index (χ3v) is 7.94. The fourth-order valence-corrected chi connectivity index (χ4v) is 5.81. The smallest absolute Gasteiger partial charge is 0.162 e. The number of nitrogens with one attached hydrogen (secondary N) is 1. The Morgan fingerprint density at radius 3 is 2.43 bits per heavy atom. The highest BCUT2D eigenvalue weighted by Gasteiger charge is 2.46. The molecule has 5 nitrogen and oxygen atoms in total. The van der Waals surface area contributed by atoms with Crippen molar-refractivity contribution in [1.82, 2.24) is 4.98 Å². The lowest BCUT2D eigenvalue weighted by molar-refractivity contribution is -0.118. The fraction of sp³-hybridized carbons (Fsp3) is 0.233. The number of carbonyl (C=O) groups excluding carboxylic acids is 1. The predicted molar refractivity (Wildman–Crippen MR) is 151 cm³/mol. The number of aliphatic hydroxyl groups excluding tert-OH is 1. The zero-order valence-corrected chi connectivity index (χ0v) is 22.5. The van der Waals surface area contributed by atoms with Crippen molar-refractivity contribution >= 4 is 46.4 Å². The summed E-state index contributed by atoms with van der Waals surface area (Å²) in [7, 11) is 0. The number of pyridine rings is 1. The molecule has 188 valence electrons. The summed E-state index contributed by atoms with van der Waals surface area (Å²) in [6, 6.07) is 18.6. The number of aliphatic hydroxyl groups is 1. The van der Waals surface area contributed by atoms with E-state index in [-0.39, 0.29) is 22.8 Å². The number of hydrogen-bond acceptors (Lipinski definition) is 5. The summed E-state index contributed by atoms with van der Waals surface area (Å²) in [5, 5.41) is 21.7. The van der Waals surface area contributed by atoms with Gasteiger partial charge in [0.15, 0.2) is 5.78 Å². The molecule has 0 spiro atoms. The first-order chi connectivity index (χ1) is 17.7. The van der Waals surface area contributed by atoms with Gasteiger partial charge in [-0.05, 0) is 72.2 Å². The molecule has 1 aromatic heterocycles. The molecule has 0 saturated carbocycles. The first kappa shape index (κ1) is 25.3. The van der Waals surface area contributed by atoms with Crippen molar-refractivity contribution in [2.45, 2.75) is 37.5 Å². The van der Waals surface area contributed by atoms with Gasteiger partial charge in [0.25, 0.3) is 0 Å². The standard InChI is InChI=1S/C30H28ClN3O2S/c1-30(2)15-23-26(24(35)16-30)25(18-8-12-22(37-3)13-9-18)27(28(36)19-6-10-20(31)11-7-19)29(32)34(23)21-5-4-14-33-17-21/h4-14,17,25,32,36H,15-16H2,1-3H3/b28-27+,32-29?. The Hall–Kier alpha value is -3.35. The molecule has 5 rings (SSSR count). The number of hydrogen-bond donors (Lipinski definition) is 2. The Bertz CT molecular complexity index is 1430. The quantitative estimate of drug-likeness (QED) is 0.268. The fourth-order valence-electron chi connectivity index (χ4n) is 5.28. The lowest BCUT2D eigenvalue weighted by Crippen LogP contribution is -2.45. The summed E-state index contributed by atoms with van der Waals surface area (Å²) in [6.07, 6.45) is 6.41. The molecule has 2 N–H and O–H groups in total. The van der Waals surface area contributed by atoms with Gasteiger partial charge in [-0.2, -0.15) is 0 Å². The number of amidine groups is 1. The Balaban J connectivity index is 1.83. The Morgan fingerprint density at radius 2 is 1.81 bits per heavy atom. The molecule has 2 aromatic carbocycles. The van der Waals surface area contributed by atoms with Crippen molar-refractivity contribution in [3.8, 4) is 0 Å². The van der Waals surface area contributed by atoms with Crippen LogP contribution in [0.3, 0.4) is 0 Å². The second-order valence-electron chi connectivity index (χ2n) is 10.2. The summed E-state index contributed by atoms with van der Waals surface area (Å²) < 4.78 is 0.